The molecule has 0 saturated heterocycles. The first kappa shape index (κ1) is 17.1. The smallest absolute Gasteiger partial charge is 0.210 e. The summed E-state index contributed by atoms with van der Waals surface area (Å²) >= 11 is 13.7. The highest BCUT2D eigenvalue weighted by molar-refractivity contribution is 7.98. The van der Waals surface area contributed by atoms with Crippen LogP contribution in [0.5, 0.6) is 0 Å². The molecule has 1 aromatic heterocycles. The Balaban J connectivity index is 1.81. The van der Waals surface area contributed by atoms with Gasteiger partial charge in [0.1, 0.15) is 0 Å². The fourth-order valence-corrected chi connectivity index (χ4v) is 3.56. The molecule has 1 heterocycles. The topological polar surface area (TPSA) is 56.7 Å². The maximum atomic E-state index is 6.22. The highest BCUT2D eigenvalue weighted by atomic mass is 35.5. The molecule has 0 atom stereocenters. The van der Waals surface area contributed by atoms with Gasteiger partial charge in [0, 0.05) is 16.3 Å². The summed E-state index contributed by atoms with van der Waals surface area (Å²) in [5.74, 6) is 7.42. The van der Waals surface area contributed by atoms with E-state index in [1.807, 2.05) is 0 Å². The van der Waals surface area contributed by atoms with E-state index in [4.69, 9.17) is 29.0 Å². The molecule has 7 heteroatoms. The Morgan fingerprint density at radius 2 is 1.83 bits per heavy atom. The van der Waals surface area contributed by atoms with Crippen LogP contribution in [-0.4, -0.2) is 14.9 Å². The van der Waals surface area contributed by atoms with E-state index in [9.17, 15) is 0 Å². The van der Waals surface area contributed by atoms with Crippen LogP contribution in [0, 0.1) is 13.8 Å². The van der Waals surface area contributed by atoms with Crippen LogP contribution in [0.15, 0.2) is 41.6 Å². The number of aryl methyl sites for hydroxylation is 2. The van der Waals surface area contributed by atoms with Crippen molar-refractivity contribution >= 4 is 35.0 Å². The molecule has 0 aliphatic heterocycles. The van der Waals surface area contributed by atoms with Crippen LogP contribution in [-0.2, 0) is 5.75 Å². The lowest BCUT2D eigenvalue weighted by atomic mass is 10.1. The SMILES string of the molecule is Cc1ccc(CSc2nnc(-c3ccc(Cl)cc3Cl)n2N)cc1C. The van der Waals surface area contributed by atoms with Gasteiger partial charge in [-0.1, -0.05) is 53.2 Å². The first-order valence-corrected chi connectivity index (χ1v) is 9.04. The molecule has 3 aromatic rings. The molecule has 0 amide bonds. The quantitative estimate of drug-likeness (QED) is 0.519. The van der Waals surface area contributed by atoms with Crippen LogP contribution in [0.4, 0.5) is 0 Å². The lowest BCUT2D eigenvalue weighted by Crippen LogP contribution is -2.11. The Morgan fingerprint density at radius 3 is 2.54 bits per heavy atom. The number of halogens is 2. The number of hydrogen-bond acceptors (Lipinski definition) is 4. The van der Waals surface area contributed by atoms with Crippen molar-refractivity contribution in [2.75, 3.05) is 5.84 Å². The van der Waals surface area contributed by atoms with Crippen molar-refractivity contribution in [3.63, 3.8) is 0 Å². The van der Waals surface area contributed by atoms with Crippen molar-refractivity contribution in [2.24, 2.45) is 0 Å². The lowest BCUT2D eigenvalue weighted by Gasteiger charge is -2.07. The molecule has 0 fully saturated rings. The van der Waals surface area contributed by atoms with E-state index in [0.717, 1.165) is 5.75 Å². The van der Waals surface area contributed by atoms with Crippen LogP contribution in [0.2, 0.25) is 10.0 Å². The Hall–Kier alpha value is -1.69. The molecule has 124 valence electrons. The zero-order valence-electron chi connectivity index (χ0n) is 13.3. The number of rotatable bonds is 4. The first-order chi connectivity index (χ1) is 11.5. The second-order valence-electron chi connectivity index (χ2n) is 5.51. The number of nitrogens with zero attached hydrogens (tertiary/aromatic N) is 3. The van der Waals surface area contributed by atoms with Crippen LogP contribution >= 0.6 is 35.0 Å². The Kier molecular flexibility index (Phi) is 5.04. The number of hydrogen-bond donors (Lipinski definition) is 1. The van der Waals surface area contributed by atoms with E-state index in [2.05, 4.69) is 42.2 Å². The zero-order chi connectivity index (χ0) is 17.3. The predicted molar refractivity (Wildman–Crippen MR) is 101 cm³/mol. The molecule has 24 heavy (non-hydrogen) atoms. The highest BCUT2D eigenvalue weighted by Gasteiger charge is 2.15. The van der Waals surface area contributed by atoms with Gasteiger partial charge in [-0.05, 0) is 48.7 Å². The van der Waals surface area contributed by atoms with Gasteiger partial charge in [0.15, 0.2) is 5.82 Å². The largest absolute Gasteiger partial charge is 0.335 e. The first-order valence-electron chi connectivity index (χ1n) is 7.30. The molecule has 0 aliphatic carbocycles. The zero-order valence-corrected chi connectivity index (χ0v) is 15.6. The van der Waals surface area contributed by atoms with Crippen molar-refractivity contribution in [1.29, 1.82) is 0 Å². The van der Waals surface area contributed by atoms with E-state index in [0.29, 0.717) is 26.6 Å². The van der Waals surface area contributed by atoms with Crippen LogP contribution in [0.1, 0.15) is 16.7 Å². The Morgan fingerprint density at radius 1 is 1.04 bits per heavy atom. The average Bonchev–Trinajstić information content (AvgIpc) is 2.89. The van der Waals surface area contributed by atoms with Gasteiger partial charge in [-0.25, -0.2) is 4.68 Å². The minimum atomic E-state index is 0.493. The molecule has 2 aromatic carbocycles. The number of nitrogens with two attached hydrogens (primary N) is 1. The van der Waals surface area contributed by atoms with Gasteiger partial charge in [-0.15, -0.1) is 10.2 Å². The van der Waals surface area contributed by atoms with E-state index >= 15 is 0 Å². The molecule has 0 saturated carbocycles. The summed E-state index contributed by atoms with van der Waals surface area (Å²) in [5.41, 5.74) is 4.48. The van der Waals surface area contributed by atoms with Crippen molar-refractivity contribution < 1.29 is 0 Å². The van der Waals surface area contributed by atoms with E-state index in [1.54, 1.807) is 18.2 Å². The predicted octanol–water partition coefficient (Wildman–Crippen LogP) is 4.87. The third kappa shape index (κ3) is 3.53. The third-order valence-electron chi connectivity index (χ3n) is 3.78. The Bertz CT molecular complexity index is 892. The molecule has 0 unspecified atom stereocenters. The second kappa shape index (κ2) is 7.05. The summed E-state index contributed by atoms with van der Waals surface area (Å²) in [6.07, 6.45) is 0. The van der Waals surface area contributed by atoms with Gasteiger partial charge in [0.25, 0.3) is 0 Å². The van der Waals surface area contributed by atoms with Gasteiger partial charge in [0.05, 0.1) is 5.02 Å². The fourth-order valence-electron chi connectivity index (χ4n) is 2.27. The average molecular weight is 379 g/mol. The lowest BCUT2D eigenvalue weighted by molar-refractivity contribution is 0.849. The van der Waals surface area contributed by atoms with Gasteiger partial charge >= 0.3 is 0 Å². The molecule has 0 radical (unpaired) electrons. The maximum Gasteiger partial charge on any atom is 0.210 e. The number of nitrogen functional groups attached to an aromatic ring is 1. The molecule has 2 N–H and O–H groups in total. The highest BCUT2D eigenvalue weighted by Crippen LogP contribution is 2.31. The van der Waals surface area contributed by atoms with Crippen molar-refractivity contribution in [3.8, 4) is 11.4 Å². The summed E-state index contributed by atoms with van der Waals surface area (Å²) in [5, 5.41) is 10.0. The monoisotopic (exact) mass is 378 g/mol. The van der Waals surface area contributed by atoms with Crippen LogP contribution in [0.25, 0.3) is 11.4 Å². The van der Waals surface area contributed by atoms with E-state index < -0.39 is 0 Å². The summed E-state index contributed by atoms with van der Waals surface area (Å²) in [6, 6.07) is 11.6. The number of aromatic nitrogens is 3. The minimum absolute atomic E-state index is 0.493. The molecule has 3 rings (SSSR count). The third-order valence-corrected chi connectivity index (χ3v) is 5.34. The van der Waals surface area contributed by atoms with Crippen molar-refractivity contribution in [3.05, 3.63) is 63.1 Å². The number of thioether (sulfide) groups is 1. The standard InChI is InChI=1S/C17H16Cl2N4S/c1-10-3-4-12(7-11(10)2)9-24-17-22-21-16(23(17)20)14-6-5-13(18)8-15(14)19/h3-8H,9,20H2,1-2H3. The van der Waals surface area contributed by atoms with Crippen LogP contribution in [0.3, 0.4) is 0 Å². The molecule has 0 bridgehead atoms. The molecule has 0 aliphatic rings. The summed E-state index contributed by atoms with van der Waals surface area (Å²) in [6.45, 7) is 4.21. The molecule has 0 spiro atoms. The summed E-state index contributed by atoms with van der Waals surface area (Å²) in [7, 11) is 0. The number of benzene rings is 2. The minimum Gasteiger partial charge on any atom is -0.335 e. The van der Waals surface area contributed by atoms with Gasteiger partial charge in [0.2, 0.25) is 5.16 Å². The summed E-state index contributed by atoms with van der Waals surface area (Å²) < 4.78 is 1.46. The molecular formula is C17H16Cl2N4S. The van der Waals surface area contributed by atoms with Gasteiger partial charge in [-0.2, -0.15) is 0 Å². The van der Waals surface area contributed by atoms with Crippen LogP contribution < -0.4 is 5.84 Å². The fraction of sp³-hybridized carbons (Fsp3) is 0.176. The maximum absolute atomic E-state index is 6.22. The van der Waals surface area contributed by atoms with E-state index in [-0.39, 0.29) is 0 Å². The molecular weight excluding hydrogens is 363 g/mol. The Labute approximate surface area is 155 Å². The van der Waals surface area contributed by atoms with Crippen molar-refractivity contribution in [1.82, 2.24) is 14.9 Å². The second-order valence-corrected chi connectivity index (χ2v) is 7.29. The normalized spacial score (nSPS) is 11.0. The van der Waals surface area contributed by atoms with Gasteiger partial charge < -0.3 is 5.84 Å². The van der Waals surface area contributed by atoms with Crippen molar-refractivity contribution in [2.45, 2.75) is 24.8 Å². The van der Waals surface area contributed by atoms with E-state index in [1.165, 1.54) is 33.1 Å². The summed E-state index contributed by atoms with van der Waals surface area (Å²) in [4.78, 5) is 0. The van der Waals surface area contributed by atoms with Gasteiger partial charge in [-0.3, -0.25) is 0 Å². The molecule has 4 nitrogen and oxygen atoms in total.